The number of aliphatic hydroxyl groups excluding tert-OH is 2. The number of nitrogens with zero attached hydrogens (tertiary/aromatic N) is 2. The van der Waals surface area contributed by atoms with Crippen LogP contribution in [0.3, 0.4) is 0 Å². The summed E-state index contributed by atoms with van der Waals surface area (Å²) in [6.07, 6.45) is 0. The van der Waals surface area contributed by atoms with Gasteiger partial charge in [-0.3, -0.25) is 0 Å². The topological polar surface area (TPSA) is 46.9 Å². The molecule has 0 saturated heterocycles. The van der Waals surface area contributed by atoms with Crippen LogP contribution in [0.2, 0.25) is 0 Å². The predicted molar refractivity (Wildman–Crippen MR) is 97.8 cm³/mol. The van der Waals surface area contributed by atoms with Gasteiger partial charge >= 0.3 is 66.2 Å². The maximum atomic E-state index is 8.46. The van der Waals surface area contributed by atoms with Gasteiger partial charge in [-0.1, -0.05) is 27.7 Å². The summed E-state index contributed by atoms with van der Waals surface area (Å²) in [5, 5.41) is 16.9. The molecule has 0 saturated carbocycles. The summed E-state index contributed by atoms with van der Waals surface area (Å²) >= 11 is 11.7. The van der Waals surface area contributed by atoms with E-state index in [1.807, 2.05) is 0 Å². The van der Waals surface area contributed by atoms with Crippen LogP contribution < -0.4 is 0 Å². The molecular weight excluding hydrogens is 585 g/mol. The van der Waals surface area contributed by atoms with Crippen molar-refractivity contribution >= 4 is 40.7 Å². The van der Waals surface area contributed by atoms with Crippen LogP contribution in [-0.4, -0.2) is 72.5 Å². The van der Waals surface area contributed by atoms with Crippen LogP contribution in [0.1, 0.15) is 27.7 Å². The number of hydrogen-bond acceptors (Lipinski definition) is 4. The summed E-state index contributed by atoms with van der Waals surface area (Å²) in [6.45, 7) is 14.7. The number of likely N-dealkylation sites (N-methyl/N-ethyl adjacent to an activating group) is 2. The Balaban J connectivity index is -0.000000102. The Bertz CT molecular complexity index is 120. The van der Waals surface area contributed by atoms with Crippen LogP contribution in [-0.2, 0) is 25.5 Å². The van der Waals surface area contributed by atoms with Gasteiger partial charge in [0.1, 0.15) is 0 Å². The van der Waals surface area contributed by atoms with Crippen molar-refractivity contribution in [3.63, 3.8) is 0 Å². The molecule has 0 fully saturated rings. The molecule has 0 radical (unpaired) electrons. The van der Waals surface area contributed by atoms with E-state index in [2.05, 4.69) is 63.0 Å². The minimum absolute atomic E-state index is 0.279. The van der Waals surface area contributed by atoms with Crippen LogP contribution in [0.5, 0.6) is 0 Å². The molecule has 8 heteroatoms. The molecule has 20 heavy (non-hydrogen) atoms. The summed E-state index contributed by atoms with van der Waals surface area (Å²) in [7, 11) is 0. The summed E-state index contributed by atoms with van der Waals surface area (Å²) in [6, 6.07) is 0. The quantitative estimate of drug-likeness (QED) is 0.326. The first-order valence-corrected chi connectivity index (χ1v) is 12.7. The van der Waals surface area contributed by atoms with E-state index in [0.29, 0.717) is 0 Å². The van der Waals surface area contributed by atoms with Gasteiger partial charge in [0, 0.05) is 13.1 Å². The Morgan fingerprint density at radius 3 is 0.900 bits per heavy atom. The van der Waals surface area contributed by atoms with Crippen LogP contribution in [0.4, 0.5) is 0 Å². The monoisotopic (exact) mass is 614 g/mol. The van der Waals surface area contributed by atoms with Crippen molar-refractivity contribution in [2.75, 3.05) is 52.5 Å². The van der Waals surface area contributed by atoms with Crippen molar-refractivity contribution in [3.05, 3.63) is 0 Å². The molecule has 0 aliphatic rings. The Labute approximate surface area is 164 Å². The Kier molecular flexibility index (Phi) is 50.0. The van der Waals surface area contributed by atoms with Gasteiger partial charge in [-0.25, -0.2) is 0 Å². The van der Waals surface area contributed by atoms with Crippen molar-refractivity contribution in [1.82, 2.24) is 9.80 Å². The van der Waals surface area contributed by atoms with E-state index in [-0.39, 0.29) is 13.2 Å². The SMILES string of the molecule is CCN(CC)CCO.CCN(CC)CCO.[Cu+][I].[Cu+][I]. The van der Waals surface area contributed by atoms with Gasteiger partial charge in [0.2, 0.25) is 0 Å². The second kappa shape index (κ2) is 33.1. The van der Waals surface area contributed by atoms with Crippen LogP contribution >= 0.6 is 40.7 Å². The van der Waals surface area contributed by atoms with Crippen molar-refractivity contribution in [2.24, 2.45) is 0 Å². The Hall–Kier alpha value is 2.34. The first-order valence-electron chi connectivity index (χ1n) is 6.59. The van der Waals surface area contributed by atoms with E-state index >= 15 is 0 Å². The number of rotatable bonds is 8. The third-order valence-corrected chi connectivity index (χ3v) is 2.62. The molecule has 0 rings (SSSR count). The van der Waals surface area contributed by atoms with Gasteiger partial charge in [0.25, 0.3) is 0 Å². The number of aliphatic hydroxyl groups is 2. The van der Waals surface area contributed by atoms with Crippen LogP contribution in [0, 0.1) is 0 Å². The molecule has 0 unspecified atom stereocenters. The van der Waals surface area contributed by atoms with Gasteiger partial charge in [-0.15, -0.1) is 0 Å². The van der Waals surface area contributed by atoms with Gasteiger partial charge in [-0.2, -0.15) is 0 Å². The van der Waals surface area contributed by atoms with Gasteiger partial charge in [0.15, 0.2) is 0 Å². The number of halogens is 2. The van der Waals surface area contributed by atoms with E-state index < -0.39 is 0 Å². The molecule has 0 amide bonds. The second-order valence-electron chi connectivity index (χ2n) is 3.50. The van der Waals surface area contributed by atoms with Crippen LogP contribution in [0.25, 0.3) is 0 Å². The average molecular weight is 615 g/mol. The van der Waals surface area contributed by atoms with E-state index in [9.17, 15) is 0 Å². The molecular formula is C12H30Cu2I2N2O2+2. The van der Waals surface area contributed by atoms with Gasteiger partial charge < -0.3 is 20.0 Å². The molecule has 0 aromatic rings. The molecule has 2 N–H and O–H groups in total. The fourth-order valence-electron chi connectivity index (χ4n) is 1.36. The molecule has 0 aromatic carbocycles. The first-order chi connectivity index (χ1) is 9.69. The predicted octanol–water partition coefficient (Wildman–Crippen LogP) is 2.41. The normalized spacial score (nSPS) is 9.10. The summed E-state index contributed by atoms with van der Waals surface area (Å²) < 4.78 is 0. The van der Waals surface area contributed by atoms with Gasteiger partial charge in [-0.05, 0) is 26.2 Å². The van der Waals surface area contributed by atoms with Crippen molar-refractivity contribution < 1.29 is 35.7 Å². The molecule has 0 bridgehead atoms. The molecule has 0 aliphatic carbocycles. The van der Waals surface area contributed by atoms with Crippen molar-refractivity contribution in [3.8, 4) is 0 Å². The Morgan fingerprint density at radius 1 is 0.650 bits per heavy atom. The zero-order chi connectivity index (χ0) is 16.8. The zero-order valence-corrected chi connectivity index (χ0v) is 19.0. The molecule has 4 nitrogen and oxygen atoms in total. The van der Waals surface area contributed by atoms with E-state index in [4.69, 9.17) is 10.2 Å². The molecule has 0 heterocycles. The van der Waals surface area contributed by atoms with Gasteiger partial charge in [0.05, 0.1) is 13.2 Å². The van der Waals surface area contributed by atoms with E-state index in [0.717, 1.165) is 39.3 Å². The third kappa shape index (κ3) is 28.5. The molecule has 0 aliphatic heterocycles. The van der Waals surface area contributed by atoms with E-state index in [1.54, 1.807) is 40.7 Å². The Morgan fingerprint density at radius 2 is 0.850 bits per heavy atom. The first kappa shape index (κ1) is 30.2. The zero-order valence-electron chi connectivity index (χ0n) is 12.8. The second-order valence-corrected chi connectivity index (χ2v) is 3.50. The molecule has 0 spiro atoms. The third-order valence-electron chi connectivity index (χ3n) is 2.62. The fraction of sp³-hybridized carbons (Fsp3) is 1.00. The maximum absolute atomic E-state index is 8.46. The molecule has 134 valence electrons. The summed E-state index contributed by atoms with van der Waals surface area (Å²) in [4.78, 5) is 4.36. The summed E-state index contributed by atoms with van der Waals surface area (Å²) in [5.74, 6) is 0. The average Bonchev–Trinajstić information content (AvgIpc) is 2.54. The summed E-state index contributed by atoms with van der Waals surface area (Å²) in [5.41, 5.74) is 0. The van der Waals surface area contributed by atoms with Crippen LogP contribution in [0.15, 0.2) is 0 Å². The fourth-order valence-corrected chi connectivity index (χ4v) is 1.36. The van der Waals surface area contributed by atoms with E-state index in [1.165, 1.54) is 0 Å². The molecule has 0 atom stereocenters. The standard InChI is InChI=1S/2C6H15NO.2Cu.2HI/c2*1-3-7(4-2)5-6-8;;;;/h2*8H,3-6H2,1-2H3;;;2*1H/q;;2*+2;;/p-2. The molecule has 0 aromatic heterocycles. The number of hydrogen-bond donors (Lipinski definition) is 2. The minimum atomic E-state index is 0.279. The van der Waals surface area contributed by atoms with Crippen molar-refractivity contribution in [2.45, 2.75) is 27.7 Å². The van der Waals surface area contributed by atoms with Crippen molar-refractivity contribution in [1.29, 1.82) is 0 Å².